The first-order valence-corrected chi connectivity index (χ1v) is 9.31. The number of nitrogens with zero attached hydrogens (tertiary/aromatic N) is 3. The fourth-order valence-corrected chi connectivity index (χ4v) is 3.03. The van der Waals surface area contributed by atoms with Gasteiger partial charge in [0.15, 0.2) is 0 Å². The second-order valence-electron chi connectivity index (χ2n) is 6.65. The van der Waals surface area contributed by atoms with Crippen LogP contribution in [0.25, 0.3) is 16.9 Å². The van der Waals surface area contributed by atoms with E-state index >= 15 is 0 Å². The van der Waals surface area contributed by atoms with Crippen LogP contribution in [-0.4, -0.2) is 21.9 Å². The molecule has 29 heavy (non-hydrogen) atoms. The smallest absolute Gasteiger partial charge is 0.267 e. The summed E-state index contributed by atoms with van der Waals surface area (Å²) >= 11 is 0. The lowest BCUT2D eigenvalue weighted by molar-refractivity contribution is 0.0955. The number of hydrogen-bond donors (Lipinski definition) is 1. The zero-order chi connectivity index (χ0) is 20.1. The molecule has 5 heteroatoms. The number of rotatable bonds is 5. The average molecular weight is 380 g/mol. The van der Waals surface area contributed by atoms with Crippen molar-refractivity contribution in [1.29, 1.82) is 0 Å². The maximum atomic E-state index is 12.2. The van der Waals surface area contributed by atoms with Crippen LogP contribution in [0.4, 0.5) is 0 Å². The highest BCUT2D eigenvalue weighted by atomic mass is 16.2. The van der Waals surface area contributed by atoms with E-state index in [1.165, 1.54) is 0 Å². The van der Waals surface area contributed by atoms with Gasteiger partial charge in [-0.15, -0.1) is 0 Å². The van der Waals surface area contributed by atoms with Crippen LogP contribution in [0.2, 0.25) is 0 Å². The van der Waals surface area contributed by atoms with Crippen molar-refractivity contribution in [3.8, 4) is 16.9 Å². The van der Waals surface area contributed by atoms with Crippen molar-refractivity contribution in [2.24, 2.45) is 5.10 Å². The molecule has 0 aliphatic rings. The van der Waals surface area contributed by atoms with E-state index < -0.39 is 0 Å². The lowest BCUT2D eigenvalue weighted by Crippen LogP contribution is -2.17. The minimum Gasteiger partial charge on any atom is -0.267 e. The van der Waals surface area contributed by atoms with Gasteiger partial charge < -0.3 is 0 Å². The van der Waals surface area contributed by atoms with Gasteiger partial charge in [0, 0.05) is 22.9 Å². The molecule has 0 saturated heterocycles. The fraction of sp³-hybridized carbons (Fsp3) is 0.0417. The van der Waals surface area contributed by atoms with E-state index in [0.29, 0.717) is 5.56 Å². The van der Waals surface area contributed by atoms with E-state index in [-0.39, 0.29) is 5.91 Å². The quantitative estimate of drug-likeness (QED) is 0.406. The molecule has 0 unspecified atom stereocenters. The monoisotopic (exact) mass is 380 g/mol. The van der Waals surface area contributed by atoms with E-state index in [1.807, 2.05) is 84.5 Å². The Balaban J connectivity index is 1.66. The van der Waals surface area contributed by atoms with Gasteiger partial charge in [-0.2, -0.15) is 10.2 Å². The van der Waals surface area contributed by atoms with Crippen LogP contribution >= 0.6 is 0 Å². The normalized spacial score (nSPS) is 10.9. The van der Waals surface area contributed by atoms with Gasteiger partial charge >= 0.3 is 0 Å². The highest BCUT2D eigenvalue weighted by Crippen LogP contribution is 2.23. The molecule has 0 bridgehead atoms. The van der Waals surface area contributed by atoms with Gasteiger partial charge in [0.25, 0.3) is 5.91 Å². The van der Waals surface area contributed by atoms with Gasteiger partial charge in [0.1, 0.15) is 5.69 Å². The molecule has 0 saturated carbocycles. The number of hydrogen-bond acceptors (Lipinski definition) is 3. The summed E-state index contributed by atoms with van der Waals surface area (Å²) in [5.41, 5.74) is 7.85. The molecule has 1 aromatic heterocycles. The van der Waals surface area contributed by atoms with E-state index in [4.69, 9.17) is 5.10 Å². The summed E-state index contributed by atoms with van der Waals surface area (Å²) in [6, 6.07) is 27.0. The number of benzene rings is 3. The number of amides is 1. The van der Waals surface area contributed by atoms with Crippen LogP contribution < -0.4 is 5.43 Å². The van der Waals surface area contributed by atoms with Gasteiger partial charge in [-0.25, -0.2) is 10.1 Å². The zero-order valence-corrected chi connectivity index (χ0v) is 16.0. The van der Waals surface area contributed by atoms with Crippen molar-refractivity contribution in [1.82, 2.24) is 15.2 Å². The van der Waals surface area contributed by atoms with E-state index in [9.17, 15) is 4.79 Å². The molecular weight excluding hydrogens is 360 g/mol. The Kier molecular flexibility index (Phi) is 5.29. The van der Waals surface area contributed by atoms with Crippen molar-refractivity contribution >= 4 is 12.1 Å². The van der Waals surface area contributed by atoms with Gasteiger partial charge in [-0.1, -0.05) is 60.2 Å². The molecule has 4 aromatic rings. The summed E-state index contributed by atoms with van der Waals surface area (Å²) in [7, 11) is 0. The maximum absolute atomic E-state index is 12.2. The average Bonchev–Trinajstić information content (AvgIpc) is 3.19. The van der Waals surface area contributed by atoms with Crippen molar-refractivity contribution in [2.45, 2.75) is 6.92 Å². The first-order chi connectivity index (χ1) is 14.2. The zero-order valence-electron chi connectivity index (χ0n) is 16.0. The number of carbonyl (C=O) groups is 1. The lowest BCUT2D eigenvalue weighted by Gasteiger charge is -2.01. The second-order valence-corrected chi connectivity index (χ2v) is 6.65. The molecule has 0 fully saturated rings. The number of nitrogens with one attached hydrogen (secondary N) is 1. The number of hydrazone groups is 1. The summed E-state index contributed by atoms with van der Waals surface area (Å²) in [4.78, 5) is 12.2. The molecule has 4 rings (SSSR count). The van der Waals surface area contributed by atoms with Gasteiger partial charge in [0.05, 0.1) is 11.9 Å². The number of carbonyl (C=O) groups excluding carboxylic acids is 1. The molecule has 1 N–H and O–H groups in total. The summed E-state index contributed by atoms with van der Waals surface area (Å²) in [5.74, 6) is -0.255. The molecule has 0 atom stereocenters. The Morgan fingerprint density at radius 1 is 0.966 bits per heavy atom. The van der Waals surface area contributed by atoms with Gasteiger partial charge in [-0.3, -0.25) is 4.79 Å². The van der Waals surface area contributed by atoms with Crippen molar-refractivity contribution in [2.75, 3.05) is 0 Å². The summed E-state index contributed by atoms with van der Waals surface area (Å²) in [5, 5.41) is 8.92. The highest BCUT2D eigenvalue weighted by molar-refractivity contribution is 5.95. The molecule has 1 amide bonds. The minimum atomic E-state index is -0.255. The maximum Gasteiger partial charge on any atom is 0.271 e. The van der Waals surface area contributed by atoms with Crippen LogP contribution in [0.1, 0.15) is 21.5 Å². The van der Waals surface area contributed by atoms with Crippen LogP contribution in [0.3, 0.4) is 0 Å². The topological polar surface area (TPSA) is 59.3 Å². The molecule has 5 nitrogen and oxygen atoms in total. The molecular formula is C24H20N4O. The van der Waals surface area contributed by atoms with Crippen LogP contribution in [0.5, 0.6) is 0 Å². The standard InChI is InChI=1S/C24H20N4O/c1-18-9-8-12-20(15-18)23-21(17-28(27-23)22-13-6-3-7-14-22)16-25-26-24(29)19-10-4-2-5-11-19/h2-17H,1H3,(H,26,29)/b25-16-. The van der Waals surface area contributed by atoms with E-state index in [1.54, 1.807) is 18.3 Å². The Bertz CT molecular complexity index is 1150. The fourth-order valence-electron chi connectivity index (χ4n) is 3.03. The van der Waals surface area contributed by atoms with Crippen molar-refractivity contribution in [3.63, 3.8) is 0 Å². The van der Waals surface area contributed by atoms with Crippen LogP contribution in [-0.2, 0) is 0 Å². The van der Waals surface area contributed by atoms with E-state index in [0.717, 1.165) is 28.1 Å². The molecule has 0 aliphatic carbocycles. The largest absolute Gasteiger partial charge is 0.271 e. The molecule has 0 spiro atoms. The third kappa shape index (κ3) is 4.30. The molecule has 0 radical (unpaired) electrons. The highest BCUT2D eigenvalue weighted by Gasteiger charge is 2.11. The van der Waals surface area contributed by atoms with Crippen LogP contribution in [0.15, 0.2) is 96.2 Å². The number of para-hydroxylation sites is 1. The number of aryl methyl sites for hydroxylation is 1. The van der Waals surface area contributed by atoms with Crippen LogP contribution in [0, 0.1) is 6.92 Å². The van der Waals surface area contributed by atoms with Crippen molar-refractivity contribution < 1.29 is 4.79 Å². The Hall–Kier alpha value is -3.99. The third-order valence-electron chi connectivity index (χ3n) is 4.46. The first kappa shape index (κ1) is 18.4. The van der Waals surface area contributed by atoms with Gasteiger partial charge in [0.2, 0.25) is 0 Å². The molecule has 3 aromatic carbocycles. The lowest BCUT2D eigenvalue weighted by atomic mass is 10.1. The third-order valence-corrected chi connectivity index (χ3v) is 4.46. The Morgan fingerprint density at radius 3 is 2.41 bits per heavy atom. The van der Waals surface area contributed by atoms with E-state index in [2.05, 4.69) is 16.6 Å². The van der Waals surface area contributed by atoms with Crippen molar-refractivity contribution in [3.05, 3.63) is 108 Å². The predicted molar refractivity (Wildman–Crippen MR) is 115 cm³/mol. The minimum absolute atomic E-state index is 0.255. The summed E-state index contributed by atoms with van der Waals surface area (Å²) in [6.45, 7) is 2.05. The second kappa shape index (κ2) is 8.35. The summed E-state index contributed by atoms with van der Waals surface area (Å²) < 4.78 is 1.82. The Labute approximate surface area is 169 Å². The SMILES string of the molecule is Cc1cccc(-c2nn(-c3ccccc3)cc2/C=N\NC(=O)c2ccccc2)c1. The molecule has 142 valence electrons. The number of aromatic nitrogens is 2. The molecule has 1 heterocycles. The van der Waals surface area contributed by atoms with Gasteiger partial charge in [-0.05, 0) is 37.3 Å². The molecule has 0 aliphatic heterocycles. The first-order valence-electron chi connectivity index (χ1n) is 9.31. The predicted octanol–water partition coefficient (Wildman–Crippen LogP) is 4.61. The summed E-state index contributed by atoms with van der Waals surface area (Å²) in [6.07, 6.45) is 3.54. The Morgan fingerprint density at radius 2 is 1.69 bits per heavy atom.